The maximum absolute atomic E-state index is 10.9. The number of phenols is 1. The summed E-state index contributed by atoms with van der Waals surface area (Å²) in [7, 11) is 0. The molecule has 3 N–H and O–H groups in total. The fraction of sp³-hybridized carbons (Fsp3) is 0. The number of aromatic amines is 1. The summed E-state index contributed by atoms with van der Waals surface area (Å²) in [5, 5.41) is 24.8. The van der Waals surface area contributed by atoms with Gasteiger partial charge in [-0.3, -0.25) is 5.10 Å². The average Bonchev–Trinajstić information content (AvgIpc) is 2.66. The molecule has 0 saturated carbocycles. The number of carboxylic acid groups (broad SMARTS) is 1. The van der Waals surface area contributed by atoms with Crippen molar-refractivity contribution in [1.82, 2.24) is 10.2 Å². The molecule has 2 aromatic rings. The predicted octanol–water partition coefficient (Wildman–Crippen LogP) is 2.24. The van der Waals surface area contributed by atoms with Crippen LogP contribution in [-0.4, -0.2) is 26.4 Å². The fourth-order valence-corrected chi connectivity index (χ4v) is 1.72. The molecule has 2 rings (SSSR count). The number of halogens is 1. The standard InChI is InChI=1S/C10H7BrN2O3/c11-5-1-2-6(8(14)3-5)9-7(10(15)16)4-12-13-9/h1-4,14H,(H,12,13)(H,15,16). The highest BCUT2D eigenvalue weighted by Gasteiger charge is 2.16. The molecule has 0 fully saturated rings. The minimum Gasteiger partial charge on any atom is -0.507 e. The molecule has 1 aromatic heterocycles. The maximum atomic E-state index is 10.9. The van der Waals surface area contributed by atoms with Crippen LogP contribution in [0.15, 0.2) is 28.9 Å². The van der Waals surface area contributed by atoms with Crippen molar-refractivity contribution in [2.75, 3.05) is 0 Å². The summed E-state index contributed by atoms with van der Waals surface area (Å²) in [6.45, 7) is 0. The number of aromatic carboxylic acids is 1. The van der Waals surface area contributed by atoms with Crippen LogP contribution in [0.1, 0.15) is 10.4 Å². The predicted molar refractivity (Wildman–Crippen MR) is 60.3 cm³/mol. The van der Waals surface area contributed by atoms with E-state index in [-0.39, 0.29) is 17.0 Å². The van der Waals surface area contributed by atoms with E-state index in [1.54, 1.807) is 12.1 Å². The molecule has 1 aromatic carbocycles. The first-order valence-corrected chi connectivity index (χ1v) is 5.14. The summed E-state index contributed by atoms with van der Waals surface area (Å²) in [5.74, 6) is -1.10. The zero-order chi connectivity index (χ0) is 11.7. The van der Waals surface area contributed by atoms with Crippen LogP contribution in [0.3, 0.4) is 0 Å². The van der Waals surface area contributed by atoms with E-state index in [1.807, 2.05) is 0 Å². The number of carboxylic acids is 1. The topological polar surface area (TPSA) is 86.2 Å². The molecule has 6 heteroatoms. The lowest BCUT2D eigenvalue weighted by molar-refractivity contribution is 0.0698. The van der Waals surface area contributed by atoms with Gasteiger partial charge in [-0.2, -0.15) is 5.10 Å². The van der Waals surface area contributed by atoms with Crippen molar-refractivity contribution >= 4 is 21.9 Å². The van der Waals surface area contributed by atoms with Gasteiger partial charge in [0.25, 0.3) is 0 Å². The second kappa shape index (κ2) is 3.97. The summed E-state index contributed by atoms with van der Waals surface area (Å²) in [6.07, 6.45) is 1.21. The Labute approximate surface area is 98.9 Å². The van der Waals surface area contributed by atoms with Gasteiger partial charge in [0.1, 0.15) is 11.3 Å². The SMILES string of the molecule is O=C(O)c1cn[nH]c1-c1ccc(Br)cc1O. The number of nitrogens with one attached hydrogen (secondary N) is 1. The van der Waals surface area contributed by atoms with Crippen molar-refractivity contribution in [1.29, 1.82) is 0 Å². The van der Waals surface area contributed by atoms with Crippen LogP contribution < -0.4 is 0 Å². The number of hydrogen-bond acceptors (Lipinski definition) is 3. The van der Waals surface area contributed by atoms with Gasteiger partial charge >= 0.3 is 5.97 Å². The molecule has 82 valence electrons. The summed E-state index contributed by atoms with van der Waals surface area (Å²) >= 11 is 3.20. The lowest BCUT2D eigenvalue weighted by Gasteiger charge is -2.03. The van der Waals surface area contributed by atoms with Gasteiger partial charge in [0.05, 0.1) is 11.9 Å². The Bertz CT molecular complexity index is 551. The molecular weight excluding hydrogens is 276 g/mol. The van der Waals surface area contributed by atoms with Gasteiger partial charge in [0, 0.05) is 10.0 Å². The minimum absolute atomic E-state index is 0.0128. The first kappa shape index (κ1) is 10.7. The van der Waals surface area contributed by atoms with Crippen molar-refractivity contribution in [3.63, 3.8) is 0 Å². The van der Waals surface area contributed by atoms with Crippen LogP contribution in [-0.2, 0) is 0 Å². The van der Waals surface area contributed by atoms with E-state index in [0.29, 0.717) is 10.0 Å². The van der Waals surface area contributed by atoms with Gasteiger partial charge in [0.15, 0.2) is 0 Å². The third-order valence-corrected chi connectivity index (χ3v) is 2.59. The molecule has 0 unspecified atom stereocenters. The van der Waals surface area contributed by atoms with Gasteiger partial charge in [-0.1, -0.05) is 15.9 Å². The lowest BCUT2D eigenvalue weighted by Crippen LogP contribution is -1.96. The Hall–Kier alpha value is -1.82. The number of aromatic nitrogens is 2. The van der Waals surface area contributed by atoms with Gasteiger partial charge in [0.2, 0.25) is 0 Å². The fourth-order valence-electron chi connectivity index (χ4n) is 1.37. The smallest absolute Gasteiger partial charge is 0.339 e. The Morgan fingerprint density at radius 3 is 2.81 bits per heavy atom. The molecule has 0 atom stereocenters. The zero-order valence-electron chi connectivity index (χ0n) is 7.94. The Kier molecular flexibility index (Phi) is 2.66. The third-order valence-electron chi connectivity index (χ3n) is 2.10. The van der Waals surface area contributed by atoms with Crippen molar-refractivity contribution in [3.8, 4) is 17.0 Å². The Morgan fingerprint density at radius 2 is 2.19 bits per heavy atom. The van der Waals surface area contributed by atoms with Crippen LogP contribution in [0.5, 0.6) is 5.75 Å². The molecular formula is C10H7BrN2O3. The van der Waals surface area contributed by atoms with Gasteiger partial charge in [-0.05, 0) is 18.2 Å². The van der Waals surface area contributed by atoms with Crippen LogP contribution in [0.25, 0.3) is 11.3 Å². The molecule has 1 heterocycles. The second-order valence-corrected chi connectivity index (χ2v) is 4.04. The first-order chi connectivity index (χ1) is 7.59. The molecule has 16 heavy (non-hydrogen) atoms. The molecule has 0 aliphatic carbocycles. The van der Waals surface area contributed by atoms with E-state index >= 15 is 0 Å². The molecule has 0 aliphatic rings. The summed E-state index contributed by atoms with van der Waals surface area (Å²) in [6, 6.07) is 4.81. The van der Waals surface area contributed by atoms with Crippen LogP contribution in [0.4, 0.5) is 0 Å². The highest BCUT2D eigenvalue weighted by molar-refractivity contribution is 9.10. The number of carbonyl (C=O) groups is 1. The minimum atomic E-state index is -1.09. The highest BCUT2D eigenvalue weighted by atomic mass is 79.9. The van der Waals surface area contributed by atoms with Crippen molar-refractivity contribution in [2.45, 2.75) is 0 Å². The van der Waals surface area contributed by atoms with E-state index < -0.39 is 5.97 Å². The summed E-state index contributed by atoms with van der Waals surface area (Å²) < 4.78 is 0.713. The second-order valence-electron chi connectivity index (χ2n) is 3.13. The van der Waals surface area contributed by atoms with Crippen LogP contribution in [0.2, 0.25) is 0 Å². The summed E-state index contributed by atoms with van der Waals surface area (Å²) in [5.41, 5.74) is 0.716. The largest absolute Gasteiger partial charge is 0.507 e. The van der Waals surface area contributed by atoms with Crippen molar-refractivity contribution in [3.05, 3.63) is 34.4 Å². The number of benzene rings is 1. The van der Waals surface area contributed by atoms with E-state index in [2.05, 4.69) is 26.1 Å². The molecule has 0 saturated heterocycles. The monoisotopic (exact) mass is 282 g/mol. The van der Waals surface area contributed by atoms with Gasteiger partial charge in [-0.15, -0.1) is 0 Å². The molecule has 5 nitrogen and oxygen atoms in total. The van der Waals surface area contributed by atoms with E-state index in [1.165, 1.54) is 12.3 Å². The maximum Gasteiger partial charge on any atom is 0.339 e. The molecule has 0 spiro atoms. The first-order valence-electron chi connectivity index (χ1n) is 4.35. The molecule has 0 amide bonds. The summed E-state index contributed by atoms with van der Waals surface area (Å²) in [4.78, 5) is 10.9. The molecule has 0 aliphatic heterocycles. The number of rotatable bonds is 2. The van der Waals surface area contributed by atoms with E-state index in [0.717, 1.165) is 0 Å². The van der Waals surface area contributed by atoms with Crippen molar-refractivity contribution < 1.29 is 15.0 Å². The highest BCUT2D eigenvalue weighted by Crippen LogP contribution is 2.32. The number of aromatic hydroxyl groups is 1. The molecule has 0 radical (unpaired) electrons. The normalized spacial score (nSPS) is 10.3. The number of phenolic OH excluding ortho intramolecular Hbond substituents is 1. The Morgan fingerprint density at radius 1 is 1.44 bits per heavy atom. The number of hydrogen-bond donors (Lipinski definition) is 3. The van der Waals surface area contributed by atoms with E-state index in [9.17, 15) is 9.90 Å². The Balaban J connectivity index is 2.59. The van der Waals surface area contributed by atoms with E-state index in [4.69, 9.17) is 5.11 Å². The quantitative estimate of drug-likeness (QED) is 0.789. The van der Waals surface area contributed by atoms with Crippen LogP contribution >= 0.6 is 15.9 Å². The van der Waals surface area contributed by atoms with Gasteiger partial charge in [-0.25, -0.2) is 4.79 Å². The molecule has 0 bridgehead atoms. The number of H-pyrrole nitrogens is 1. The number of nitrogens with zero attached hydrogens (tertiary/aromatic N) is 1. The van der Waals surface area contributed by atoms with Crippen LogP contribution in [0, 0.1) is 0 Å². The zero-order valence-corrected chi connectivity index (χ0v) is 9.52. The lowest BCUT2D eigenvalue weighted by atomic mass is 10.1. The average molecular weight is 283 g/mol. The third kappa shape index (κ3) is 1.79. The van der Waals surface area contributed by atoms with Gasteiger partial charge < -0.3 is 10.2 Å². The van der Waals surface area contributed by atoms with Crippen molar-refractivity contribution in [2.24, 2.45) is 0 Å².